The van der Waals surface area contributed by atoms with Crippen LogP contribution in [-0.2, 0) is 16.8 Å². The van der Waals surface area contributed by atoms with E-state index in [2.05, 4.69) is 0 Å². The average Bonchev–Trinajstić information content (AvgIpc) is 3.23. The first kappa shape index (κ1) is 20.1. The minimum absolute atomic E-state index is 0.339. The number of fused-ring (bicyclic) bond motifs is 1. The molecule has 0 saturated heterocycles. The topological polar surface area (TPSA) is 57.6 Å². The molecule has 1 atom stereocenters. The van der Waals surface area contributed by atoms with Gasteiger partial charge in [0.05, 0.1) is 21.3 Å². The van der Waals surface area contributed by atoms with E-state index in [1.165, 1.54) is 4.90 Å². The summed E-state index contributed by atoms with van der Waals surface area (Å²) in [5.41, 5.74) is 0.0641. The Labute approximate surface area is 182 Å². The Hall–Kier alpha value is -2.18. The number of nitrogens with zero attached hydrogens (tertiary/aromatic N) is 1. The Bertz CT molecular complexity index is 1080. The Morgan fingerprint density at radius 2 is 1.83 bits per heavy atom. The molecule has 0 aliphatic carbocycles. The molecule has 29 heavy (non-hydrogen) atoms. The molecular weight excluding hydrogens is 429 g/mol. The third-order valence-electron chi connectivity index (χ3n) is 5.03. The Morgan fingerprint density at radius 1 is 1.07 bits per heavy atom. The zero-order valence-corrected chi connectivity index (χ0v) is 17.6. The smallest absolute Gasteiger partial charge is 0.264 e. The van der Waals surface area contributed by atoms with Gasteiger partial charge < -0.3 is 10.0 Å². The number of anilines is 1. The fourth-order valence-corrected chi connectivity index (χ4v) is 4.74. The maximum atomic E-state index is 13.2. The van der Waals surface area contributed by atoms with Gasteiger partial charge in [-0.05, 0) is 42.3 Å². The van der Waals surface area contributed by atoms with E-state index in [-0.39, 0.29) is 12.2 Å². The van der Waals surface area contributed by atoms with E-state index in [1.807, 2.05) is 30.3 Å². The summed E-state index contributed by atoms with van der Waals surface area (Å²) in [5.74, 6) is -0.852. The number of thiophene rings is 1. The van der Waals surface area contributed by atoms with Crippen LogP contribution in [0.1, 0.15) is 27.2 Å². The van der Waals surface area contributed by atoms with Crippen LogP contribution in [0.4, 0.5) is 5.69 Å². The molecule has 1 aliphatic heterocycles. The van der Waals surface area contributed by atoms with Gasteiger partial charge in [0.1, 0.15) is 0 Å². The number of hydrogen-bond donors (Lipinski definition) is 1. The molecule has 148 valence electrons. The van der Waals surface area contributed by atoms with Gasteiger partial charge in [-0.15, -0.1) is 11.3 Å². The fraction of sp³-hybridized carbons (Fsp3) is 0.182. The molecule has 4 rings (SSSR count). The first-order valence-corrected chi connectivity index (χ1v) is 10.6. The van der Waals surface area contributed by atoms with Crippen molar-refractivity contribution in [2.75, 3.05) is 11.4 Å². The van der Waals surface area contributed by atoms with E-state index in [0.717, 1.165) is 16.9 Å². The van der Waals surface area contributed by atoms with Crippen LogP contribution in [0.15, 0.2) is 60.7 Å². The van der Waals surface area contributed by atoms with Crippen molar-refractivity contribution in [3.05, 3.63) is 86.0 Å². The van der Waals surface area contributed by atoms with Crippen molar-refractivity contribution in [3.63, 3.8) is 0 Å². The van der Waals surface area contributed by atoms with Crippen LogP contribution >= 0.6 is 34.5 Å². The second kappa shape index (κ2) is 7.92. The Morgan fingerprint density at radius 3 is 2.52 bits per heavy atom. The molecule has 0 unspecified atom stereocenters. The quantitative estimate of drug-likeness (QED) is 0.536. The van der Waals surface area contributed by atoms with Crippen molar-refractivity contribution >= 4 is 51.9 Å². The summed E-state index contributed by atoms with van der Waals surface area (Å²) in [7, 11) is 0. The van der Waals surface area contributed by atoms with Gasteiger partial charge in [-0.1, -0.05) is 53.5 Å². The summed E-state index contributed by atoms with van der Waals surface area (Å²) in [6, 6.07) is 18.0. The molecule has 4 nitrogen and oxygen atoms in total. The van der Waals surface area contributed by atoms with E-state index in [4.69, 9.17) is 23.2 Å². The highest BCUT2D eigenvalue weighted by Crippen LogP contribution is 2.44. The lowest BCUT2D eigenvalue weighted by Crippen LogP contribution is -2.42. The molecule has 0 bridgehead atoms. The van der Waals surface area contributed by atoms with Crippen LogP contribution in [-0.4, -0.2) is 23.3 Å². The highest BCUT2D eigenvalue weighted by molar-refractivity contribution is 7.18. The highest BCUT2D eigenvalue weighted by atomic mass is 35.5. The van der Waals surface area contributed by atoms with Gasteiger partial charge in [0.2, 0.25) is 0 Å². The predicted molar refractivity (Wildman–Crippen MR) is 116 cm³/mol. The summed E-state index contributed by atoms with van der Waals surface area (Å²) in [5, 5.41) is 11.7. The lowest BCUT2D eigenvalue weighted by Gasteiger charge is -2.22. The van der Waals surface area contributed by atoms with Gasteiger partial charge in [0.25, 0.3) is 5.91 Å². The van der Waals surface area contributed by atoms with Crippen molar-refractivity contribution in [1.29, 1.82) is 0 Å². The SMILES string of the molecule is O=C(C[C@@]1(O)C(=O)N(CCc2ccccc2)c2ccc(Cl)cc21)c1ccc(Cl)s1. The number of carbonyl (C=O) groups excluding carboxylic acids is 2. The van der Waals surface area contributed by atoms with Gasteiger partial charge in [0.15, 0.2) is 11.4 Å². The first-order valence-electron chi connectivity index (χ1n) is 9.05. The highest BCUT2D eigenvalue weighted by Gasteiger charge is 2.51. The van der Waals surface area contributed by atoms with Crippen molar-refractivity contribution in [2.24, 2.45) is 0 Å². The Balaban J connectivity index is 1.65. The number of benzene rings is 2. The zero-order chi connectivity index (χ0) is 20.6. The molecule has 0 saturated carbocycles. The third-order valence-corrected chi connectivity index (χ3v) is 6.53. The van der Waals surface area contributed by atoms with Crippen LogP contribution < -0.4 is 4.90 Å². The van der Waals surface area contributed by atoms with Gasteiger partial charge >= 0.3 is 0 Å². The minimum Gasteiger partial charge on any atom is -0.375 e. The van der Waals surface area contributed by atoms with Crippen molar-refractivity contribution in [3.8, 4) is 0 Å². The van der Waals surface area contributed by atoms with Gasteiger partial charge in [-0.2, -0.15) is 0 Å². The van der Waals surface area contributed by atoms with Crippen LogP contribution in [0.25, 0.3) is 0 Å². The molecule has 1 N–H and O–H groups in total. The van der Waals surface area contributed by atoms with Crippen LogP contribution in [0.2, 0.25) is 9.36 Å². The second-order valence-electron chi connectivity index (χ2n) is 6.92. The Kier molecular flexibility index (Phi) is 5.49. The van der Waals surface area contributed by atoms with Crippen molar-refractivity contribution in [1.82, 2.24) is 0 Å². The lowest BCUT2D eigenvalue weighted by atomic mass is 9.89. The number of Topliss-reactive ketones (excluding diaryl/α,β-unsaturated/α-hetero) is 1. The molecule has 1 aromatic heterocycles. The van der Waals surface area contributed by atoms with Gasteiger partial charge in [-0.25, -0.2) is 0 Å². The molecule has 2 heterocycles. The minimum atomic E-state index is -1.95. The summed E-state index contributed by atoms with van der Waals surface area (Å²) in [6.45, 7) is 0.388. The van der Waals surface area contributed by atoms with Crippen molar-refractivity contribution in [2.45, 2.75) is 18.4 Å². The number of rotatable bonds is 6. The zero-order valence-electron chi connectivity index (χ0n) is 15.3. The van der Waals surface area contributed by atoms with E-state index in [9.17, 15) is 14.7 Å². The summed E-state index contributed by atoms with van der Waals surface area (Å²) in [4.78, 5) is 27.9. The number of carbonyl (C=O) groups is 2. The average molecular weight is 446 g/mol. The van der Waals surface area contributed by atoms with Gasteiger partial charge in [-0.3, -0.25) is 9.59 Å². The number of halogens is 2. The van der Waals surface area contributed by atoms with Crippen LogP contribution in [0.3, 0.4) is 0 Å². The standard InChI is InChI=1S/C22H17Cl2NO3S/c23-15-6-7-17-16(12-15)22(28,13-18(26)19-8-9-20(24)29-19)21(27)25(17)11-10-14-4-2-1-3-5-14/h1-9,12,28H,10-11,13H2/t22-/m0/s1. The summed E-state index contributed by atoms with van der Waals surface area (Å²) >= 11 is 13.2. The first-order chi connectivity index (χ1) is 13.9. The third kappa shape index (κ3) is 3.83. The summed E-state index contributed by atoms with van der Waals surface area (Å²) in [6.07, 6.45) is 0.261. The molecular formula is C22H17Cl2NO3S. The maximum Gasteiger partial charge on any atom is 0.264 e. The molecule has 0 spiro atoms. The predicted octanol–water partition coefficient (Wildman–Crippen LogP) is 5.10. The van der Waals surface area contributed by atoms with E-state index >= 15 is 0 Å². The van der Waals surface area contributed by atoms with Gasteiger partial charge in [0, 0.05) is 17.1 Å². The maximum absolute atomic E-state index is 13.2. The molecule has 1 amide bonds. The van der Waals surface area contributed by atoms with E-state index < -0.39 is 11.5 Å². The largest absolute Gasteiger partial charge is 0.375 e. The van der Waals surface area contributed by atoms with E-state index in [0.29, 0.717) is 38.5 Å². The molecule has 1 aliphatic rings. The van der Waals surface area contributed by atoms with E-state index in [1.54, 1.807) is 30.3 Å². The van der Waals surface area contributed by atoms with Crippen LogP contribution in [0, 0.1) is 0 Å². The van der Waals surface area contributed by atoms with Crippen LogP contribution in [0.5, 0.6) is 0 Å². The summed E-state index contributed by atoms with van der Waals surface area (Å²) < 4.78 is 0.478. The normalized spacial score (nSPS) is 18.2. The molecule has 0 fully saturated rings. The van der Waals surface area contributed by atoms with Crippen molar-refractivity contribution < 1.29 is 14.7 Å². The number of aliphatic hydroxyl groups is 1. The lowest BCUT2D eigenvalue weighted by molar-refractivity contribution is -0.135. The number of hydrogen-bond acceptors (Lipinski definition) is 4. The molecule has 3 aromatic rings. The fourth-order valence-electron chi connectivity index (χ4n) is 3.58. The molecule has 7 heteroatoms. The monoisotopic (exact) mass is 445 g/mol. The number of amides is 1. The molecule has 2 aromatic carbocycles. The second-order valence-corrected chi connectivity index (χ2v) is 9.07. The number of ketones is 1. The molecule has 0 radical (unpaired) electrons.